The lowest BCUT2D eigenvalue weighted by Gasteiger charge is -2.36. The van der Waals surface area contributed by atoms with E-state index in [-0.39, 0.29) is 6.10 Å². The highest BCUT2D eigenvalue weighted by atomic mass is 16.7. The van der Waals surface area contributed by atoms with Crippen molar-refractivity contribution < 1.29 is 14.3 Å². The second kappa shape index (κ2) is 5.94. The highest BCUT2D eigenvalue weighted by molar-refractivity contribution is 5.60. The molecule has 0 aliphatic heterocycles. The summed E-state index contributed by atoms with van der Waals surface area (Å²) in [6, 6.07) is 0. The Labute approximate surface area is 111 Å². The molecule has 0 amide bonds. The summed E-state index contributed by atoms with van der Waals surface area (Å²) in [4.78, 5) is 11.8. The van der Waals surface area contributed by atoms with Crippen LogP contribution in [0.3, 0.4) is 0 Å². The van der Waals surface area contributed by atoms with Gasteiger partial charge in [-0.1, -0.05) is 27.2 Å². The number of hydrogen-bond acceptors (Lipinski definition) is 3. The average Bonchev–Trinajstić information content (AvgIpc) is 2.13. The maximum absolute atomic E-state index is 11.8. The van der Waals surface area contributed by atoms with Crippen LogP contribution in [0.1, 0.15) is 60.8 Å². The largest absolute Gasteiger partial charge is 0.509 e. The van der Waals surface area contributed by atoms with Gasteiger partial charge in [-0.05, 0) is 51.4 Å². The number of carbonyl (C=O) groups excluding carboxylic acids is 1. The minimum absolute atomic E-state index is 0.0172. The van der Waals surface area contributed by atoms with Gasteiger partial charge in [0.25, 0.3) is 0 Å². The van der Waals surface area contributed by atoms with Crippen molar-refractivity contribution in [1.82, 2.24) is 0 Å². The Morgan fingerprint density at radius 3 is 2.33 bits per heavy atom. The summed E-state index contributed by atoms with van der Waals surface area (Å²) in [5.74, 6) is 1.64. The van der Waals surface area contributed by atoms with Gasteiger partial charge >= 0.3 is 6.16 Å². The number of hydrogen-bond donors (Lipinski definition) is 0. The molecule has 0 N–H and O–H groups in total. The first-order valence-electron chi connectivity index (χ1n) is 7.08. The molecule has 1 fully saturated rings. The van der Waals surface area contributed by atoms with E-state index in [1.807, 2.05) is 20.8 Å². The molecule has 106 valence electrons. The van der Waals surface area contributed by atoms with Gasteiger partial charge in [0.05, 0.1) is 0 Å². The maximum Gasteiger partial charge on any atom is 0.509 e. The number of carbonyl (C=O) groups is 1. The monoisotopic (exact) mass is 256 g/mol. The minimum Gasteiger partial charge on any atom is -0.431 e. The standard InChI is InChI=1S/C15H28O3/c1-10(2)12-8-7-11(3)9-13(12)17-14(16)18-15(4,5)6/h10-13H,7-9H2,1-6H3/t11-,12+,13-/m1/s1. The fourth-order valence-electron chi connectivity index (χ4n) is 2.65. The molecule has 1 saturated carbocycles. The molecule has 0 aromatic carbocycles. The topological polar surface area (TPSA) is 35.5 Å². The van der Waals surface area contributed by atoms with E-state index in [4.69, 9.17) is 9.47 Å². The van der Waals surface area contributed by atoms with E-state index in [1.54, 1.807) is 0 Å². The molecule has 18 heavy (non-hydrogen) atoms. The highest BCUT2D eigenvalue weighted by Gasteiger charge is 2.34. The van der Waals surface area contributed by atoms with E-state index in [1.165, 1.54) is 6.42 Å². The van der Waals surface area contributed by atoms with Crippen LogP contribution in [0.25, 0.3) is 0 Å². The molecule has 3 atom stereocenters. The lowest BCUT2D eigenvalue weighted by molar-refractivity contribution is -0.0602. The lowest BCUT2D eigenvalue weighted by Crippen LogP contribution is -2.37. The smallest absolute Gasteiger partial charge is 0.431 e. The molecule has 0 unspecified atom stereocenters. The third-order valence-electron chi connectivity index (χ3n) is 3.60. The van der Waals surface area contributed by atoms with Gasteiger partial charge < -0.3 is 9.47 Å². The Bertz CT molecular complexity index is 278. The predicted molar refractivity (Wildman–Crippen MR) is 72.5 cm³/mol. The van der Waals surface area contributed by atoms with Crippen molar-refractivity contribution in [2.45, 2.75) is 72.5 Å². The Balaban J connectivity index is 2.58. The van der Waals surface area contributed by atoms with Crippen LogP contribution in [0.4, 0.5) is 4.79 Å². The Kier molecular flexibility index (Phi) is 5.06. The van der Waals surface area contributed by atoms with Gasteiger partial charge in [0.15, 0.2) is 0 Å². The molecule has 3 nitrogen and oxygen atoms in total. The van der Waals surface area contributed by atoms with E-state index in [0.29, 0.717) is 17.8 Å². The van der Waals surface area contributed by atoms with E-state index < -0.39 is 11.8 Å². The molecule has 0 saturated heterocycles. The lowest BCUT2D eigenvalue weighted by atomic mass is 9.75. The third kappa shape index (κ3) is 4.87. The number of ether oxygens (including phenoxy) is 2. The molecule has 3 heteroatoms. The van der Waals surface area contributed by atoms with Crippen molar-refractivity contribution in [2.75, 3.05) is 0 Å². The predicted octanol–water partition coefficient (Wildman–Crippen LogP) is 4.40. The first kappa shape index (κ1) is 15.3. The van der Waals surface area contributed by atoms with Crippen LogP contribution in [0.5, 0.6) is 0 Å². The van der Waals surface area contributed by atoms with E-state index >= 15 is 0 Å². The summed E-state index contributed by atoms with van der Waals surface area (Å²) >= 11 is 0. The zero-order valence-electron chi connectivity index (χ0n) is 12.7. The molecule has 1 aliphatic carbocycles. The van der Waals surface area contributed by atoms with Crippen LogP contribution in [0.2, 0.25) is 0 Å². The van der Waals surface area contributed by atoms with Crippen LogP contribution < -0.4 is 0 Å². The molecule has 0 spiro atoms. The van der Waals surface area contributed by atoms with Crippen molar-refractivity contribution in [3.05, 3.63) is 0 Å². The first-order valence-corrected chi connectivity index (χ1v) is 7.08. The molecular formula is C15H28O3. The summed E-state index contributed by atoms with van der Waals surface area (Å²) in [7, 11) is 0. The van der Waals surface area contributed by atoms with Crippen molar-refractivity contribution >= 4 is 6.16 Å². The molecular weight excluding hydrogens is 228 g/mol. The fraction of sp³-hybridized carbons (Fsp3) is 0.933. The van der Waals surface area contributed by atoms with Crippen LogP contribution in [-0.4, -0.2) is 17.9 Å². The Morgan fingerprint density at radius 2 is 1.83 bits per heavy atom. The quantitative estimate of drug-likeness (QED) is 0.687. The van der Waals surface area contributed by atoms with Crippen molar-refractivity contribution in [2.24, 2.45) is 17.8 Å². The molecule has 0 bridgehead atoms. The average molecular weight is 256 g/mol. The molecule has 1 rings (SSSR count). The molecule has 1 aliphatic rings. The molecule has 0 radical (unpaired) electrons. The van der Waals surface area contributed by atoms with Crippen molar-refractivity contribution in [3.8, 4) is 0 Å². The summed E-state index contributed by atoms with van der Waals surface area (Å²) in [6.45, 7) is 12.2. The summed E-state index contributed by atoms with van der Waals surface area (Å²) in [6.07, 6.45) is 2.83. The van der Waals surface area contributed by atoms with Crippen molar-refractivity contribution in [3.63, 3.8) is 0 Å². The van der Waals surface area contributed by atoms with Crippen LogP contribution in [0, 0.1) is 17.8 Å². The maximum atomic E-state index is 11.8. The summed E-state index contributed by atoms with van der Waals surface area (Å²) in [5, 5.41) is 0. The number of rotatable bonds is 2. The van der Waals surface area contributed by atoms with Crippen LogP contribution >= 0.6 is 0 Å². The molecule has 0 aromatic heterocycles. The second-order valence-corrected chi connectivity index (χ2v) is 6.95. The van der Waals surface area contributed by atoms with Gasteiger partial charge in [-0.2, -0.15) is 0 Å². The minimum atomic E-state index is -0.521. The SMILES string of the molecule is CC(C)[C@@H]1CC[C@@H](C)C[C@H]1OC(=O)OC(C)(C)C. The van der Waals surface area contributed by atoms with Crippen LogP contribution in [0.15, 0.2) is 0 Å². The van der Waals surface area contributed by atoms with Crippen LogP contribution in [-0.2, 0) is 9.47 Å². The van der Waals surface area contributed by atoms with Gasteiger partial charge in [-0.3, -0.25) is 0 Å². The Morgan fingerprint density at radius 1 is 1.22 bits per heavy atom. The van der Waals surface area contributed by atoms with Gasteiger partial charge in [-0.15, -0.1) is 0 Å². The first-order chi connectivity index (χ1) is 8.19. The normalized spacial score (nSPS) is 29.2. The van der Waals surface area contributed by atoms with Gasteiger partial charge in [0.1, 0.15) is 11.7 Å². The summed E-state index contributed by atoms with van der Waals surface area (Å²) < 4.78 is 10.8. The van der Waals surface area contributed by atoms with Gasteiger partial charge in [-0.25, -0.2) is 4.79 Å². The Hall–Kier alpha value is -0.730. The van der Waals surface area contributed by atoms with Crippen molar-refractivity contribution in [1.29, 1.82) is 0 Å². The van der Waals surface area contributed by atoms with E-state index in [2.05, 4.69) is 20.8 Å². The highest BCUT2D eigenvalue weighted by Crippen LogP contribution is 2.35. The zero-order valence-corrected chi connectivity index (χ0v) is 12.7. The van der Waals surface area contributed by atoms with Gasteiger partial charge in [0, 0.05) is 0 Å². The van der Waals surface area contributed by atoms with E-state index in [9.17, 15) is 4.79 Å². The zero-order chi connectivity index (χ0) is 13.9. The van der Waals surface area contributed by atoms with Gasteiger partial charge in [0.2, 0.25) is 0 Å². The fourth-order valence-corrected chi connectivity index (χ4v) is 2.65. The summed E-state index contributed by atoms with van der Waals surface area (Å²) in [5.41, 5.74) is -0.481. The second-order valence-electron chi connectivity index (χ2n) is 6.95. The molecule has 0 heterocycles. The third-order valence-corrected chi connectivity index (χ3v) is 3.60. The molecule has 0 aromatic rings. The van der Waals surface area contributed by atoms with E-state index in [0.717, 1.165) is 12.8 Å².